The molecule has 4 nitrogen and oxygen atoms in total. The lowest BCUT2D eigenvalue weighted by molar-refractivity contribution is -0.120. The Morgan fingerprint density at radius 3 is 2.85 bits per heavy atom. The van der Waals surface area contributed by atoms with Crippen LogP contribution in [0.5, 0.6) is 0 Å². The van der Waals surface area contributed by atoms with Gasteiger partial charge in [0.2, 0.25) is 5.91 Å². The minimum atomic E-state index is 0.0289. The molecule has 1 N–H and O–H groups in total. The van der Waals surface area contributed by atoms with Gasteiger partial charge in [0.15, 0.2) is 0 Å². The maximum Gasteiger partial charge on any atom is 0.226 e. The van der Waals surface area contributed by atoms with Gasteiger partial charge in [0, 0.05) is 33.0 Å². The van der Waals surface area contributed by atoms with E-state index >= 15 is 0 Å². The molecule has 0 aliphatic heterocycles. The van der Waals surface area contributed by atoms with Crippen LogP contribution in [0.4, 0.5) is 0 Å². The number of hydrogen-bond acceptors (Lipinski definition) is 5. The van der Waals surface area contributed by atoms with Crippen molar-refractivity contribution in [1.29, 1.82) is 0 Å². The first-order chi connectivity index (χ1) is 12.6. The van der Waals surface area contributed by atoms with Crippen molar-refractivity contribution in [2.45, 2.75) is 32.6 Å². The van der Waals surface area contributed by atoms with E-state index in [0.717, 1.165) is 45.7 Å². The highest BCUT2D eigenvalue weighted by Gasteiger charge is 2.09. The molecule has 0 unspecified atom stereocenters. The highest BCUT2D eigenvalue weighted by Crippen LogP contribution is 2.26. The second-order valence-corrected chi connectivity index (χ2v) is 8.74. The third-order valence-electron chi connectivity index (χ3n) is 3.77. The Morgan fingerprint density at radius 2 is 2.08 bits per heavy atom. The van der Waals surface area contributed by atoms with Gasteiger partial charge in [-0.15, -0.1) is 22.7 Å². The van der Waals surface area contributed by atoms with Crippen molar-refractivity contribution in [1.82, 2.24) is 15.3 Å². The van der Waals surface area contributed by atoms with Crippen molar-refractivity contribution in [3.8, 4) is 10.6 Å². The molecule has 26 heavy (non-hydrogen) atoms. The number of carbonyl (C=O) groups excluding carboxylic acids is 1. The highest BCUT2D eigenvalue weighted by molar-refractivity contribution is 9.10. The third-order valence-corrected chi connectivity index (χ3v) is 6.23. The van der Waals surface area contributed by atoms with E-state index in [0.29, 0.717) is 13.0 Å². The number of rotatable bonds is 8. The molecule has 0 aliphatic carbocycles. The Bertz CT molecular complexity index is 875. The molecule has 0 atom stereocenters. The van der Waals surface area contributed by atoms with Gasteiger partial charge >= 0.3 is 0 Å². The average Bonchev–Trinajstić information content (AvgIpc) is 3.24. The van der Waals surface area contributed by atoms with E-state index in [1.165, 1.54) is 5.01 Å². The Balaban J connectivity index is 1.39. The molecule has 0 bridgehead atoms. The molecule has 1 aromatic carbocycles. The maximum absolute atomic E-state index is 12.1. The summed E-state index contributed by atoms with van der Waals surface area (Å²) < 4.78 is 1.03. The van der Waals surface area contributed by atoms with Crippen LogP contribution in [0.15, 0.2) is 39.5 Å². The molecular weight excluding hydrogens is 430 g/mol. The van der Waals surface area contributed by atoms with E-state index in [4.69, 9.17) is 0 Å². The van der Waals surface area contributed by atoms with E-state index in [1.807, 2.05) is 36.6 Å². The number of carbonyl (C=O) groups is 1. The predicted molar refractivity (Wildman–Crippen MR) is 112 cm³/mol. The molecular formula is C19H20BrN3OS2. The number of aromatic nitrogens is 2. The molecule has 7 heteroatoms. The molecule has 0 radical (unpaired) electrons. The summed E-state index contributed by atoms with van der Waals surface area (Å²) in [7, 11) is 0. The number of hydrogen-bond donors (Lipinski definition) is 1. The highest BCUT2D eigenvalue weighted by atomic mass is 79.9. The van der Waals surface area contributed by atoms with Crippen molar-refractivity contribution in [3.05, 3.63) is 55.9 Å². The Hall–Kier alpha value is -1.57. The zero-order valence-corrected chi connectivity index (χ0v) is 17.7. The quantitative estimate of drug-likeness (QED) is 0.491. The normalized spacial score (nSPS) is 10.8. The maximum atomic E-state index is 12.1. The molecule has 0 fully saturated rings. The second-order valence-electron chi connectivity index (χ2n) is 6.02. The lowest BCUT2D eigenvalue weighted by Gasteiger charge is -2.03. The zero-order valence-electron chi connectivity index (χ0n) is 14.5. The van der Waals surface area contributed by atoms with Gasteiger partial charge in [0.1, 0.15) is 5.01 Å². The molecule has 3 aromatic rings. The largest absolute Gasteiger partial charge is 0.356 e. The zero-order chi connectivity index (χ0) is 18.4. The van der Waals surface area contributed by atoms with Gasteiger partial charge in [-0.05, 0) is 38.3 Å². The van der Waals surface area contributed by atoms with E-state index < -0.39 is 0 Å². The van der Waals surface area contributed by atoms with Crippen LogP contribution in [-0.4, -0.2) is 22.4 Å². The minimum absolute atomic E-state index is 0.0289. The lowest BCUT2D eigenvalue weighted by Crippen LogP contribution is -2.26. The summed E-state index contributed by atoms with van der Waals surface area (Å²) in [5, 5.41) is 9.13. The summed E-state index contributed by atoms with van der Waals surface area (Å²) in [5.74, 6) is 0.0289. The van der Waals surface area contributed by atoms with Crippen LogP contribution in [0, 0.1) is 6.92 Å². The second kappa shape index (κ2) is 9.39. The lowest BCUT2D eigenvalue weighted by atomic mass is 10.2. The van der Waals surface area contributed by atoms with Gasteiger partial charge in [-0.25, -0.2) is 9.97 Å². The van der Waals surface area contributed by atoms with Gasteiger partial charge in [-0.2, -0.15) is 0 Å². The summed E-state index contributed by atoms with van der Waals surface area (Å²) in [6, 6.07) is 8.03. The number of thiazole rings is 2. The molecule has 2 aromatic heterocycles. The molecule has 2 heterocycles. The van der Waals surface area contributed by atoms with Crippen LogP contribution in [0.25, 0.3) is 10.6 Å². The van der Waals surface area contributed by atoms with Crippen molar-refractivity contribution in [3.63, 3.8) is 0 Å². The first-order valence-electron chi connectivity index (χ1n) is 8.48. The molecule has 136 valence electrons. The standard InChI is InChI=1S/C19H20BrN3OS2/c1-13-11-25-18(22-13)7-2-3-8-21-17(24)10-16-12-26-19(23-16)14-5-4-6-15(20)9-14/h4-6,9,11-12H,2-3,7-8,10H2,1H3,(H,21,24). The van der Waals surface area contributed by atoms with Crippen LogP contribution in [0.1, 0.15) is 29.2 Å². The third kappa shape index (κ3) is 5.72. The van der Waals surface area contributed by atoms with E-state index in [9.17, 15) is 4.79 Å². The predicted octanol–water partition coefficient (Wildman–Crippen LogP) is 5.02. The number of benzene rings is 1. The van der Waals surface area contributed by atoms with Gasteiger partial charge in [0.25, 0.3) is 0 Å². The van der Waals surface area contributed by atoms with Crippen LogP contribution in [0.3, 0.4) is 0 Å². The first-order valence-corrected chi connectivity index (χ1v) is 11.0. The monoisotopic (exact) mass is 449 g/mol. The summed E-state index contributed by atoms with van der Waals surface area (Å²) >= 11 is 6.75. The van der Waals surface area contributed by atoms with E-state index in [1.54, 1.807) is 22.7 Å². The number of unbranched alkanes of at least 4 members (excludes halogenated alkanes) is 1. The van der Waals surface area contributed by atoms with Crippen molar-refractivity contribution < 1.29 is 4.79 Å². The smallest absolute Gasteiger partial charge is 0.226 e. The van der Waals surface area contributed by atoms with Gasteiger partial charge < -0.3 is 5.32 Å². The Morgan fingerprint density at radius 1 is 1.19 bits per heavy atom. The number of amides is 1. The summed E-state index contributed by atoms with van der Waals surface area (Å²) in [4.78, 5) is 21.1. The molecule has 0 saturated carbocycles. The number of nitrogens with zero attached hydrogens (tertiary/aromatic N) is 2. The summed E-state index contributed by atoms with van der Waals surface area (Å²) in [6.45, 7) is 2.71. The number of halogens is 1. The van der Waals surface area contributed by atoms with E-state index in [-0.39, 0.29) is 5.91 Å². The van der Waals surface area contributed by atoms with Crippen LogP contribution < -0.4 is 5.32 Å². The average molecular weight is 450 g/mol. The molecule has 1 amide bonds. The van der Waals surface area contributed by atoms with Gasteiger partial charge in [-0.1, -0.05) is 28.1 Å². The molecule has 0 saturated heterocycles. The topological polar surface area (TPSA) is 54.9 Å². The van der Waals surface area contributed by atoms with Gasteiger partial charge in [0.05, 0.1) is 17.1 Å². The van der Waals surface area contributed by atoms with Gasteiger partial charge in [-0.3, -0.25) is 4.79 Å². The molecule has 3 rings (SSSR count). The van der Waals surface area contributed by atoms with Crippen molar-refractivity contribution in [2.75, 3.05) is 6.54 Å². The minimum Gasteiger partial charge on any atom is -0.356 e. The molecule has 0 aliphatic rings. The van der Waals surface area contributed by atoms with Crippen LogP contribution in [0.2, 0.25) is 0 Å². The Labute approximate surface area is 169 Å². The fraction of sp³-hybridized carbons (Fsp3) is 0.316. The SMILES string of the molecule is Cc1csc(CCCCNC(=O)Cc2csc(-c3cccc(Br)c3)n2)n1. The van der Waals surface area contributed by atoms with Crippen LogP contribution >= 0.6 is 38.6 Å². The van der Waals surface area contributed by atoms with Crippen molar-refractivity contribution in [2.24, 2.45) is 0 Å². The summed E-state index contributed by atoms with van der Waals surface area (Å²) in [6.07, 6.45) is 3.31. The Kier molecular flexibility index (Phi) is 6.93. The first kappa shape index (κ1) is 19.2. The summed E-state index contributed by atoms with van der Waals surface area (Å²) in [5.41, 5.74) is 2.97. The van der Waals surface area contributed by atoms with Crippen LogP contribution in [-0.2, 0) is 17.6 Å². The van der Waals surface area contributed by atoms with E-state index in [2.05, 4.69) is 36.6 Å². The number of nitrogens with one attached hydrogen (secondary N) is 1. The fourth-order valence-electron chi connectivity index (χ4n) is 2.52. The number of aryl methyl sites for hydroxylation is 2. The molecule has 0 spiro atoms. The van der Waals surface area contributed by atoms with Crippen molar-refractivity contribution >= 4 is 44.5 Å². The fourth-order valence-corrected chi connectivity index (χ4v) is 4.55.